The van der Waals surface area contributed by atoms with Crippen molar-refractivity contribution < 1.29 is 19.2 Å². The predicted octanol–water partition coefficient (Wildman–Crippen LogP) is -1.21. The van der Waals surface area contributed by atoms with Gasteiger partial charge in [0.15, 0.2) is 0 Å². The van der Waals surface area contributed by atoms with Gasteiger partial charge in [0.05, 0.1) is 12.5 Å². The molecule has 2 unspecified atom stereocenters. The van der Waals surface area contributed by atoms with Gasteiger partial charge in [-0.05, 0) is 0 Å². The van der Waals surface area contributed by atoms with Crippen molar-refractivity contribution in [2.45, 2.75) is 12.5 Å². The first-order valence-corrected chi connectivity index (χ1v) is 5.65. The Morgan fingerprint density at radius 2 is 2.23 bits per heavy atom. The van der Waals surface area contributed by atoms with Crippen molar-refractivity contribution in [1.82, 2.24) is 5.32 Å². The highest BCUT2D eigenvalue weighted by atomic mass is 32.2. The van der Waals surface area contributed by atoms with Crippen molar-refractivity contribution >= 4 is 16.8 Å². The average molecular weight is 209 g/mol. The van der Waals surface area contributed by atoms with E-state index in [1.54, 1.807) is 6.26 Å². The second kappa shape index (κ2) is 6.99. The predicted molar refractivity (Wildman–Crippen MR) is 50.1 cm³/mol. The molecule has 0 saturated heterocycles. The summed E-state index contributed by atoms with van der Waals surface area (Å²) in [6, 6.07) is 0. The third-order valence-corrected chi connectivity index (χ3v) is 2.14. The smallest absolute Gasteiger partial charge is 0.306 e. The number of nitrogens with one attached hydrogen (secondary N) is 1. The molecule has 0 aliphatic rings. The normalized spacial score (nSPS) is 15.2. The molecular weight excluding hydrogens is 194 g/mol. The summed E-state index contributed by atoms with van der Waals surface area (Å²) in [6.45, 7) is 0.753. The van der Waals surface area contributed by atoms with Crippen molar-refractivity contribution in [2.24, 2.45) is 0 Å². The molecule has 0 amide bonds. The third-order valence-electron chi connectivity index (χ3n) is 1.36. The summed E-state index contributed by atoms with van der Waals surface area (Å²) in [5, 5.41) is 20.2. The summed E-state index contributed by atoms with van der Waals surface area (Å²) in [7, 11) is -0.851. The first kappa shape index (κ1) is 12.5. The SMILES string of the molecule is CS(=O)CCNCC(O)CC(=O)O. The van der Waals surface area contributed by atoms with Crippen molar-refractivity contribution in [3.8, 4) is 0 Å². The molecule has 3 N–H and O–H groups in total. The molecule has 0 heterocycles. The number of carboxylic acid groups (broad SMARTS) is 1. The lowest BCUT2D eigenvalue weighted by atomic mass is 10.2. The minimum absolute atomic E-state index is 0.226. The summed E-state index contributed by atoms with van der Waals surface area (Å²) in [4.78, 5) is 10.1. The van der Waals surface area contributed by atoms with E-state index in [1.807, 2.05) is 0 Å². The zero-order valence-electron chi connectivity index (χ0n) is 7.52. The number of carboxylic acids is 1. The van der Waals surface area contributed by atoms with Gasteiger partial charge in [0, 0.05) is 35.9 Å². The molecule has 0 fully saturated rings. The molecule has 0 aliphatic carbocycles. The molecule has 0 aliphatic heterocycles. The van der Waals surface area contributed by atoms with Crippen LogP contribution in [0.2, 0.25) is 0 Å². The van der Waals surface area contributed by atoms with E-state index in [1.165, 1.54) is 0 Å². The summed E-state index contributed by atoms with van der Waals surface area (Å²) in [5.74, 6) is -0.506. The van der Waals surface area contributed by atoms with Crippen molar-refractivity contribution in [3.05, 3.63) is 0 Å². The first-order valence-electron chi connectivity index (χ1n) is 3.93. The molecule has 0 saturated carbocycles. The van der Waals surface area contributed by atoms with Crippen LogP contribution in [0.3, 0.4) is 0 Å². The fourth-order valence-electron chi connectivity index (χ4n) is 0.758. The zero-order valence-corrected chi connectivity index (χ0v) is 8.34. The summed E-state index contributed by atoms with van der Waals surface area (Å²) in [6.07, 6.45) is 0.459. The molecule has 6 heteroatoms. The van der Waals surface area contributed by atoms with Crippen LogP contribution in [0.25, 0.3) is 0 Å². The number of rotatable bonds is 7. The summed E-state index contributed by atoms with van der Waals surface area (Å²) in [5.41, 5.74) is 0. The van der Waals surface area contributed by atoms with Gasteiger partial charge in [0.25, 0.3) is 0 Å². The molecular formula is C7H15NO4S. The van der Waals surface area contributed by atoms with E-state index < -0.39 is 22.9 Å². The third kappa shape index (κ3) is 9.45. The molecule has 5 nitrogen and oxygen atoms in total. The van der Waals surface area contributed by atoms with Gasteiger partial charge < -0.3 is 15.5 Å². The number of aliphatic hydroxyl groups is 1. The topological polar surface area (TPSA) is 86.6 Å². The highest BCUT2D eigenvalue weighted by Crippen LogP contribution is 1.88. The molecule has 0 aromatic carbocycles. The van der Waals surface area contributed by atoms with Crippen LogP contribution >= 0.6 is 0 Å². The fourth-order valence-corrected chi connectivity index (χ4v) is 1.19. The summed E-state index contributed by atoms with van der Waals surface area (Å²) < 4.78 is 10.6. The molecule has 0 rings (SSSR count). The number of hydrogen-bond acceptors (Lipinski definition) is 4. The van der Waals surface area contributed by atoms with E-state index in [2.05, 4.69) is 5.32 Å². The lowest BCUT2D eigenvalue weighted by molar-refractivity contribution is -0.139. The van der Waals surface area contributed by atoms with E-state index in [-0.39, 0.29) is 13.0 Å². The van der Waals surface area contributed by atoms with Gasteiger partial charge in [0.2, 0.25) is 0 Å². The highest BCUT2D eigenvalue weighted by molar-refractivity contribution is 7.84. The highest BCUT2D eigenvalue weighted by Gasteiger charge is 2.08. The van der Waals surface area contributed by atoms with Gasteiger partial charge >= 0.3 is 5.97 Å². The largest absolute Gasteiger partial charge is 0.481 e. The summed E-state index contributed by atoms with van der Waals surface area (Å²) >= 11 is 0. The lowest BCUT2D eigenvalue weighted by Crippen LogP contribution is -2.31. The van der Waals surface area contributed by atoms with Crippen molar-refractivity contribution in [3.63, 3.8) is 0 Å². The molecule has 0 bridgehead atoms. The molecule has 78 valence electrons. The number of aliphatic carboxylic acids is 1. The van der Waals surface area contributed by atoms with E-state index in [4.69, 9.17) is 10.2 Å². The maximum atomic E-state index is 10.6. The fraction of sp³-hybridized carbons (Fsp3) is 0.857. The minimum atomic E-state index is -1.02. The molecule has 0 radical (unpaired) electrons. The molecule has 0 aromatic heterocycles. The van der Waals surface area contributed by atoms with Crippen molar-refractivity contribution in [1.29, 1.82) is 0 Å². The Bertz CT molecular complexity index is 185. The monoisotopic (exact) mass is 209 g/mol. The number of carbonyl (C=O) groups is 1. The second-order valence-corrected chi connectivity index (χ2v) is 4.29. The van der Waals surface area contributed by atoms with Gasteiger partial charge in [-0.25, -0.2) is 0 Å². The Labute approximate surface area is 79.6 Å². The quantitative estimate of drug-likeness (QED) is 0.458. The van der Waals surface area contributed by atoms with Crippen LogP contribution in [-0.2, 0) is 15.6 Å². The second-order valence-electron chi connectivity index (χ2n) is 2.73. The van der Waals surface area contributed by atoms with Crippen LogP contribution in [0, 0.1) is 0 Å². The number of hydrogen-bond donors (Lipinski definition) is 3. The molecule has 0 spiro atoms. The Balaban J connectivity index is 3.31. The van der Waals surface area contributed by atoms with Crippen LogP contribution in [0.4, 0.5) is 0 Å². The Morgan fingerprint density at radius 3 is 2.69 bits per heavy atom. The van der Waals surface area contributed by atoms with Crippen molar-refractivity contribution in [2.75, 3.05) is 25.1 Å². The van der Waals surface area contributed by atoms with Gasteiger partial charge in [0.1, 0.15) is 0 Å². The van der Waals surface area contributed by atoms with Gasteiger partial charge in [-0.2, -0.15) is 0 Å². The standard InChI is InChI=1S/C7H15NO4S/c1-13(12)3-2-8-5-6(9)4-7(10)11/h6,8-9H,2-5H2,1H3,(H,10,11). The maximum absolute atomic E-state index is 10.6. The van der Waals surface area contributed by atoms with Crippen LogP contribution in [0.1, 0.15) is 6.42 Å². The lowest BCUT2D eigenvalue weighted by Gasteiger charge is -2.08. The molecule has 2 atom stereocenters. The van der Waals surface area contributed by atoms with Gasteiger partial charge in [-0.3, -0.25) is 9.00 Å². The Kier molecular flexibility index (Phi) is 6.75. The first-order chi connectivity index (χ1) is 6.02. The molecule has 0 aromatic rings. The van der Waals surface area contributed by atoms with Gasteiger partial charge in [-0.1, -0.05) is 0 Å². The maximum Gasteiger partial charge on any atom is 0.306 e. The van der Waals surface area contributed by atoms with E-state index in [0.29, 0.717) is 12.3 Å². The number of aliphatic hydroxyl groups excluding tert-OH is 1. The Morgan fingerprint density at radius 1 is 1.62 bits per heavy atom. The zero-order chi connectivity index (χ0) is 10.3. The van der Waals surface area contributed by atoms with Crippen LogP contribution < -0.4 is 5.32 Å². The van der Waals surface area contributed by atoms with E-state index >= 15 is 0 Å². The van der Waals surface area contributed by atoms with Crippen LogP contribution in [0.5, 0.6) is 0 Å². The van der Waals surface area contributed by atoms with E-state index in [0.717, 1.165) is 0 Å². The van der Waals surface area contributed by atoms with Gasteiger partial charge in [-0.15, -0.1) is 0 Å². The molecule has 13 heavy (non-hydrogen) atoms. The Hall–Kier alpha value is -0.460. The van der Waals surface area contributed by atoms with E-state index in [9.17, 15) is 9.00 Å². The van der Waals surface area contributed by atoms with Crippen LogP contribution in [0.15, 0.2) is 0 Å². The average Bonchev–Trinajstić information content (AvgIpc) is 1.96. The van der Waals surface area contributed by atoms with Crippen LogP contribution in [-0.4, -0.2) is 51.6 Å². The minimum Gasteiger partial charge on any atom is -0.481 e.